The summed E-state index contributed by atoms with van der Waals surface area (Å²) >= 11 is 0. The summed E-state index contributed by atoms with van der Waals surface area (Å²) in [6.45, 7) is 1.98. The third kappa shape index (κ3) is 6.30. The molecule has 0 radical (unpaired) electrons. The molecule has 1 N–H and O–H groups in total. The molecule has 1 amide bonds. The van der Waals surface area contributed by atoms with Gasteiger partial charge >= 0.3 is 0 Å². The number of hydrogen-bond donors (Lipinski definition) is 1. The van der Waals surface area contributed by atoms with E-state index in [1.807, 2.05) is 42.5 Å². The summed E-state index contributed by atoms with van der Waals surface area (Å²) in [4.78, 5) is 19.1. The minimum atomic E-state index is -0.348. The number of carbonyl (C=O) groups excluding carboxylic acids is 1. The molecule has 34 heavy (non-hydrogen) atoms. The second kappa shape index (κ2) is 11.2. The van der Waals surface area contributed by atoms with Crippen molar-refractivity contribution in [1.82, 2.24) is 15.2 Å². The average Bonchev–Trinajstić information content (AvgIpc) is 3.33. The van der Waals surface area contributed by atoms with Gasteiger partial charge in [0.05, 0.1) is 13.7 Å². The predicted octanol–water partition coefficient (Wildman–Crippen LogP) is 4.95. The number of oxazole rings is 1. The lowest BCUT2D eigenvalue weighted by Gasteiger charge is -2.22. The lowest BCUT2D eigenvalue weighted by Crippen LogP contribution is -2.24. The lowest BCUT2D eigenvalue weighted by molar-refractivity contribution is 0.0945. The zero-order valence-electron chi connectivity index (χ0n) is 18.9. The number of para-hydroxylation sites is 1. The molecule has 0 aliphatic carbocycles. The van der Waals surface area contributed by atoms with Gasteiger partial charge in [-0.2, -0.15) is 0 Å². The molecule has 1 heterocycles. The van der Waals surface area contributed by atoms with Crippen molar-refractivity contribution in [2.75, 3.05) is 7.11 Å². The Balaban J connectivity index is 1.44. The Morgan fingerprint density at radius 3 is 2.44 bits per heavy atom. The molecule has 4 rings (SSSR count). The maximum atomic E-state index is 13.1. The fraction of sp³-hybridized carbons (Fsp3) is 0.185. The van der Waals surface area contributed by atoms with Crippen LogP contribution < -0.4 is 10.1 Å². The van der Waals surface area contributed by atoms with E-state index >= 15 is 0 Å². The summed E-state index contributed by atoms with van der Waals surface area (Å²) in [5.74, 6) is 0.592. The molecular formula is C27H26FN3O3. The highest BCUT2D eigenvalue weighted by atomic mass is 19.1. The second-order valence-corrected chi connectivity index (χ2v) is 7.88. The van der Waals surface area contributed by atoms with Crippen molar-refractivity contribution in [2.45, 2.75) is 26.2 Å². The largest absolute Gasteiger partial charge is 0.496 e. The van der Waals surface area contributed by atoms with E-state index in [-0.39, 0.29) is 24.0 Å². The molecular weight excluding hydrogens is 433 g/mol. The Hall–Kier alpha value is -3.97. The molecule has 0 fully saturated rings. The van der Waals surface area contributed by atoms with Crippen LogP contribution in [0.25, 0.3) is 0 Å². The first-order valence-corrected chi connectivity index (χ1v) is 11.0. The predicted molar refractivity (Wildman–Crippen MR) is 126 cm³/mol. The van der Waals surface area contributed by atoms with Crippen molar-refractivity contribution in [3.63, 3.8) is 0 Å². The van der Waals surface area contributed by atoms with E-state index in [4.69, 9.17) is 9.15 Å². The van der Waals surface area contributed by atoms with Crippen LogP contribution in [-0.4, -0.2) is 22.9 Å². The standard InChI is InChI=1S/C27H26FN3O3/c1-33-25-10-6-5-9-22(25)17-31(16-21-7-3-2-4-8-21)18-26-30-24(19-34-26)27(32)29-15-20-11-13-23(28)14-12-20/h2-14,19H,15-18H2,1H3,(H,29,32). The smallest absolute Gasteiger partial charge is 0.273 e. The van der Waals surface area contributed by atoms with Crippen LogP contribution in [-0.2, 0) is 26.2 Å². The van der Waals surface area contributed by atoms with Gasteiger partial charge in [-0.1, -0.05) is 60.7 Å². The Labute approximate surface area is 198 Å². The molecule has 3 aromatic carbocycles. The van der Waals surface area contributed by atoms with E-state index in [9.17, 15) is 9.18 Å². The summed E-state index contributed by atoms with van der Waals surface area (Å²) in [6, 6.07) is 24.0. The number of aromatic nitrogens is 1. The highest BCUT2D eigenvalue weighted by molar-refractivity contribution is 5.91. The molecule has 0 aliphatic rings. The number of rotatable bonds is 10. The van der Waals surface area contributed by atoms with Crippen LogP contribution in [0, 0.1) is 5.82 Å². The molecule has 1 aromatic heterocycles. The van der Waals surface area contributed by atoms with Crippen LogP contribution in [0.5, 0.6) is 5.75 Å². The summed E-state index contributed by atoms with van der Waals surface area (Å²) in [7, 11) is 1.66. The van der Waals surface area contributed by atoms with Gasteiger partial charge in [0.25, 0.3) is 5.91 Å². The fourth-order valence-electron chi connectivity index (χ4n) is 3.64. The average molecular weight is 460 g/mol. The Kier molecular flexibility index (Phi) is 7.67. The molecule has 7 heteroatoms. The molecule has 0 bridgehead atoms. The zero-order chi connectivity index (χ0) is 23.8. The van der Waals surface area contributed by atoms with Crippen molar-refractivity contribution in [2.24, 2.45) is 0 Å². The van der Waals surface area contributed by atoms with Crippen LogP contribution in [0.4, 0.5) is 4.39 Å². The summed E-state index contributed by atoms with van der Waals surface area (Å²) in [5.41, 5.74) is 3.20. The minimum Gasteiger partial charge on any atom is -0.496 e. The van der Waals surface area contributed by atoms with Crippen LogP contribution in [0.1, 0.15) is 33.1 Å². The molecule has 0 saturated heterocycles. The summed E-state index contributed by atoms with van der Waals surface area (Å²) in [6.07, 6.45) is 1.36. The number of ether oxygens (including phenoxy) is 1. The number of halogens is 1. The SMILES string of the molecule is COc1ccccc1CN(Cc1ccccc1)Cc1nc(C(=O)NCc2ccc(F)cc2)co1. The Bertz CT molecular complexity index is 1210. The van der Waals surface area contributed by atoms with Gasteiger partial charge in [-0.05, 0) is 29.3 Å². The molecule has 0 spiro atoms. The Morgan fingerprint density at radius 1 is 0.941 bits per heavy atom. The maximum Gasteiger partial charge on any atom is 0.273 e. The fourth-order valence-corrected chi connectivity index (χ4v) is 3.64. The molecule has 6 nitrogen and oxygen atoms in total. The molecule has 0 saturated carbocycles. The molecule has 0 aliphatic heterocycles. The zero-order valence-corrected chi connectivity index (χ0v) is 18.9. The first-order valence-electron chi connectivity index (χ1n) is 11.0. The number of methoxy groups -OCH3 is 1. The first-order chi connectivity index (χ1) is 16.6. The minimum absolute atomic E-state index is 0.203. The molecule has 0 unspecified atom stereocenters. The van der Waals surface area contributed by atoms with E-state index in [2.05, 4.69) is 27.3 Å². The topological polar surface area (TPSA) is 67.6 Å². The molecule has 174 valence electrons. The van der Waals surface area contributed by atoms with Crippen molar-refractivity contribution < 1.29 is 18.3 Å². The van der Waals surface area contributed by atoms with Gasteiger partial charge in [-0.15, -0.1) is 0 Å². The summed E-state index contributed by atoms with van der Waals surface area (Å²) in [5, 5.41) is 2.78. The Morgan fingerprint density at radius 2 is 1.68 bits per heavy atom. The van der Waals surface area contributed by atoms with Crippen LogP contribution in [0.3, 0.4) is 0 Å². The van der Waals surface area contributed by atoms with Crippen molar-refractivity contribution >= 4 is 5.91 Å². The number of nitrogens with one attached hydrogen (secondary N) is 1. The van der Waals surface area contributed by atoms with Gasteiger partial charge in [0.2, 0.25) is 5.89 Å². The second-order valence-electron chi connectivity index (χ2n) is 7.88. The van der Waals surface area contributed by atoms with Crippen LogP contribution >= 0.6 is 0 Å². The van der Waals surface area contributed by atoms with Gasteiger partial charge in [-0.25, -0.2) is 9.37 Å². The van der Waals surface area contributed by atoms with Crippen molar-refractivity contribution in [3.05, 3.63) is 119 Å². The van der Waals surface area contributed by atoms with E-state index in [0.717, 1.165) is 22.4 Å². The van der Waals surface area contributed by atoms with Gasteiger partial charge in [0.15, 0.2) is 5.69 Å². The van der Waals surface area contributed by atoms with Gasteiger partial charge in [0.1, 0.15) is 17.8 Å². The third-order valence-electron chi connectivity index (χ3n) is 5.35. The number of amides is 1. The highest BCUT2D eigenvalue weighted by Gasteiger charge is 2.17. The number of nitrogens with zero attached hydrogens (tertiary/aromatic N) is 2. The van der Waals surface area contributed by atoms with Crippen molar-refractivity contribution in [3.8, 4) is 5.75 Å². The van der Waals surface area contributed by atoms with Gasteiger partial charge < -0.3 is 14.5 Å². The number of benzene rings is 3. The molecule has 0 atom stereocenters. The quantitative estimate of drug-likeness (QED) is 0.363. The van der Waals surface area contributed by atoms with Crippen LogP contribution in [0.2, 0.25) is 0 Å². The normalized spacial score (nSPS) is 10.9. The maximum absolute atomic E-state index is 13.1. The van der Waals surface area contributed by atoms with Crippen LogP contribution in [0.15, 0.2) is 89.5 Å². The van der Waals surface area contributed by atoms with E-state index in [0.29, 0.717) is 25.5 Å². The van der Waals surface area contributed by atoms with Gasteiger partial charge in [0, 0.05) is 25.2 Å². The number of carbonyl (C=O) groups is 1. The first kappa shape index (κ1) is 23.2. The van der Waals surface area contributed by atoms with E-state index in [1.54, 1.807) is 19.2 Å². The monoisotopic (exact) mass is 459 g/mol. The number of hydrogen-bond acceptors (Lipinski definition) is 5. The van der Waals surface area contributed by atoms with E-state index in [1.165, 1.54) is 18.4 Å². The third-order valence-corrected chi connectivity index (χ3v) is 5.35. The summed E-state index contributed by atoms with van der Waals surface area (Å²) < 4.78 is 24.2. The molecule has 4 aromatic rings. The van der Waals surface area contributed by atoms with Gasteiger partial charge in [-0.3, -0.25) is 9.69 Å². The highest BCUT2D eigenvalue weighted by Crippen LogP contribution is 2.22. The van der Waals surface area contributed by atoms with Crippen molar-refractivity contribution in [1.29, 1.82) is 0 Å². The lowest BCUT2D eigenvalue weighted by atomic mass is 10.1. The van der Waals surface area contributed by atoms with E-state index < -0.39 is 0 Å².